The number of rotatable bonds is 18. The SMILES string of the molecule is CCOc1cc(C(C)(C)C)ccc1C1=N[C@](C)(c2ccc(Cl)cc2)[C@](C)(c2ccc(Cl)cc2)N1C(=O)N1CCN(CCOCCOCCC(=O)CCCn2nc3c(c2C#N)-c2cnc(C)c(n2)O[C@H](C)c2cc(F)ccc2C(=O)N(C)C3)CC1. The van der Waals surface area contributed by atoms with Gasteiger partial charge in [0.1, 0.15) is 52.1 Å². The number of fused-ring (bicyclic) bond motifs is 5. The number of hydrogen-bond donors (Lipinski definition) is 0. The molecule has 3 amide bonds. The van der Waals surface area contributed by atoms with Gasteiger partial charge in [-0.2, -0.15) is 10.4 Å². The van der Waals surface area contributed by atoms with E-state index in [9.17, 15) is 19.2 Å². The van der Waals surface area contributed by atoms with Gasteiger partial charge >= 0.3 is 6.03 Å². The fourth-order valence-electron chi connectivity index (χ4n) is 11.2. The van der Waals surface area contributed by atoms with Crippen LogP contribution in [0.2, 0.25) is 10.0 Å². The molecule has 0 aliphatic carbocycles. The molecular weight excluding hydrogens is 1110 g/mol. The Morgan fingerprint density at radius 2 is 1.54 bits per heavy atom. The van der Waals surface area contributed by atoms with Crippen LogP contribution in [0.15, 0.2) is 96.1 Å². The van der Waals surface area contributed by atoms with E-state index in [1.807, 2.05) is 71.3 Å². The van der Waals surface area contributed by atoms with Crippen molar-refractivity contribution in [1.29, 1.82) is 5.26 Å². The lowest BCUT2D eigenvalue weighted by Crippen LogP contribution is -2.60. The minimum absolute atomic E-state index is 0.00206. The lowest BCUT2D eigenvalue weighted by Gasteiger charge is -2.47. The molecule has 20 heteroatoms. The van der Waals surface area contributed by atoms with E-state index in [1.54, 1.807) is 25.6 Å². The van der Waals surface area contributed by atoms with E-state index >= 15 is 4.79 Å². The van der Waals surface area contributed by atoms with Crippen molar-refractivity contribution in [2.24, 2.45) is 4.99 Å². The summed E-state index contributed by atoms with van der Waals surface area (Å²) >= 11 is 13.0. The Kier molecular flexibility index (Phi) is 18.9. The smallest absolute Gasteiger partial charge is 0.326 e. The Labute approximate surface area is 501 Å². The normalized spacial score (nSPS) is 19.2. The van der Waals surface area contributed by atoms with Gasteiger partial charge in [-0.15, -0.1) is 0 Å². The number of amides is 3. The third-order valence-corrected chi connectivity index (χ3v) is 16.8. The Hall–Kier alpha value is -7.27. The molecule has 2 aromatic heterocycles. The van der Waals surface area contributed by atoms with E-state index in [2.05, 4.69) is 62.7 Å². The van der Waals surface area contributed by atoms with Crippen LogP contribution in [0.5, 0.6) is 11.6 Å². The first kappa shape index (κ1) is 61.3. The Bertz CT molecular complexity index is 3470. The molecule has 5 heterocycles. The van der Waals surface area contributed by atoms with Crippen molar-refractivity contribution in [2.45, 2.75) is 110 Å². The zero-order valence-electron chi connectivity index (χ0n) is 49.3. The summed E-state index contributed by atoms with van der Waals surface area (Å²) in [5.41, 5.74) is 3.88. The number of aromatic nitrogens is 4. The summed E-state index contributed by atoms with van der Waals surface area (Å²) < 4.78 is 40.3. The second-order valence-corrected chi connectivity index (χ2v) is 23.7. The number of nitrogens with zero attached hydrogens (tertiary/aromatic N) is 10. The molecule has 17 nitrogen and oxygen atoms in total. The molecule has 6 aromatic rings. The lowest BCUT2D eigenvalue weighted by atomic mass is 9.71. The summed E-state index contributed by atoms with van der Waals surface area (Å²) in [4.78, 5) is 64.7. The van der Waals surface area contributed by atoms with Gasteiger partial charge in [0.2, 0.25) is 5.88 Å². The fourth-order valence-corrected chi connectivity index (χ4v) is 11.5. The van der Waals surface area contributed by atoms with Crippen molar-refractivity contribution in [3.8, 4) is 29.0 Å². The summed E-state index contributed by atoms with van der Waals surface area (Å²) in [7, 11) is 1.61. The third kappa shape index (κ3) is 12.9. The van der Waals surface area contributed by atoms with E-state index in [4.69, 9.17) is 57.2 Å². The molecule has 3 aliphatic heterocycles. The molecule has 0 spiro atoms. The monoisotopic (exact) mass is 1180 g/mol. The van der Waals surface area contributed by atoms with Crippen LogP contribution in [0.4, 0.5) is 9.18 Å². The highest BCUT2D eigenvalue weighted by Crippen LogP contribution is 2.54. The van der Waals surface area contributed by atoms with E-state index in [0.717, 1.165) is 22.3 Å². The maximum atomic E-state index is 15.5. The number of amidine groups is 1. The number of aliphatic imine (C=N–C) groups is 1. The van der Waals surface area contributed by atoms with Gasteiger partial charge in [0.25, 0.3) is 5.91 Å². The minimum atomic E-state index is -1.04. The van der Waals surface area contributed by atoms with Gasteiger partial charge in [0, 0.05) is 80.3 Å². The topological polar surface area (TPSA) is 181 Å². The lowest BCUT2D eigenvalue weighted by molar-refractivity contribution is -0.120. The van der Waals surface area contributed by atoms with E-state index in [1.165, 1.54) is 29.3 Å². The molecule has 9 rings (SSSR count). The molecule has 2 bridgehead atoms. The highest BCUT2D eigenvalue weighted by atomic mass is 35.5. The second-order valence-electron chi connectivity index (χ2n) is 22.9. The highest BCUT2D eigenvalue weighted by molar-refractivity contribution is 6.30. The summed E-state index contributed by atoms with van der Waals surface area (Å²) in [6.07, 6.45) is 1.64. The van der Waals surface area contributed by atoms with Crippen molar-refractivity contribution in [1.82, 2.24) is 39.3 Å². The Morgan fingerprint density at radius 3 is 2.20 bits per heavy atom. The van der Waals surface area contributed by atoms with Crippen LogP contribution in [0.1, 0.15) is 129 Å². The molecule has 0 N–H and O–H groups in total. The van der Waals surface area contributed by atoms with Crippen LogP contribution in [0, 0.1) is 24.1 Å². The number of hydrogen-bond acceptors (Lipinski definition) is 13. The maximum absolute atomic E-state index is 15.5. The van der Waals surface area contributed by atoms with Gasteiger partial charge < -0.3 is 28.7 Å². The first-order valence-electron chi connectivity index (χ1n) is 28.6. The van der Waals surface area contributed by atoms with E-state index in [-0.39, 0.29) is 72.8 Å². The average molecular weight is 1180 g/mol. The number of aryl methyl sites for hydroxylation is 2. The first-order valence-corrected chi connectivity index (χ1v) is 29.3. The molecular formula is C64H73Cl2FN10O7. The van der Waals surface area contributed by atoms with Gasteiger partial charge in [-0.05, 0) is 118 Å². The number of benzene rings is 4. The summed E-state index contributed by atoms with van der Waals surface area (Å²) in [6, 6.07) is 27.6. The number of urea groups is 1. The number of ketones is 1. The summed E-state index contributed by atoms with van der Waals surface area (Å²) in [5, 5.41) is 16.4. The predicted molar refractivity (Wildman–Crippen MR) is 320 cm³/mol. The number of nitriles is 1. The molecule has 442 valence electrons. The second kappa shape index (κ2) is 25.9. The van der Waals surface area contributed by atoms with E-state index < -0.39 is 23.0 Å². The van der Waals surface area contributed by atoms with Crippen LogP contribution >= 0.6 is 23.2 Å². The number of halogens is 3. The van der Waals surface area contributed by atoms with Crippen molar-refractivity contribution in [2.75, 3.05) is 72.8 Å². The first-order chi connectivity index (χ1) is 40.1. The molecule has 3 aliphatic rings. The minimum Gasteiger partial charge on any atom is -0.493 e. The van der Waals surface area contributed by atoms with E-state index in [0.29, 0.717) is 115 Å². The molecule has 1 saturated heterocycles. The van der Waals surface area contributed by atoms with Gasteiger partial charge in [-0.25, -0.2) is 14.2 Å². The molecule has 0 unspecified atom stereocenters. The largest absolute Gasteiger partial charge is 0.493 e. The molecule has 0 saturated carbocycles. The van der Waals surface area contributed by atoms with Crippen LogP contribution in [-0.4, -0.2) is 136 Å². The standard InChI is InChI=1S/C64H73Cl2FN10O7/c1-10-83-56-36-45(62(4,5)6)17-23-51(56)58-71-63(7,43-13-18-46(65)19-14-43)64(8,44-15-20-47(66)21-16-44)77(58)61(80)75-29-27-74(28-30-75)31-33-82-35-34-81-32-25-49(78)12-11-26-76-55(38-68)57-53-39-69-41(2)59(70-53)84-42(3)52-37-48(67)22-24-50(52)60(79)73(9)40-54(57)72-76/h13-24,36-37,39,42H,10-12,25-35,40H2,1-9H3/t42-,63-,64+/m1/s1. The summed E-state index contributed by atoms with van der Waals surface area (Å²) in [6.45, 7) is 21.0. The van der Waals surface area contributed by atoms with Crippen molar-refractivity contribution >= 4 is 46.8 Å². The molecule has 1 fully saturated rings. The van der Waals surface area contributed by atoms with Gasteiger partial charge in [0.15, 0.2) is 0 Å². The predicted octanol–water partition coefficient (Wildman–Crippen LogP) is 11.5. The third-order valence-electron chi connectivity index (χ3n) is 16.2. The van der Waals surface area contributed by atoms with Crippen molar-refractivity contribution in [3.05, 3.63) is 157 Å². The number of Topliss-reactive ketones (excluding diaryl/α,β-unsaturated/α-hetero) is 1. The molecule has 84 heavy (non-hydrogen) atoms. The van der Waals surface area contributed by atoms with Crippen LogP contribution in [-0.2, 0) is 43.9 Å². The van der Waals surface area contributed by atoms with Gasteiger partial charge in [-0.1, -0.05) is 74.3 Å². The fraction of sp³-hybridized carbons (Fsp3) is 0.438. The van der Waals surface area contributed by atoms with Crippen molar-refractivity contribution in [3.63, 3.8) is 0 Å². The number of ether oxygens (including phenoxy) is 4. The average Bonchev–Trinajstić information content (AvgIpc) is 2.76. The number of carbonyl (C=O) groups excluding carboxylic acids is 3. The van der Waals surface area contributed by atoms with Gasteiger partial charge in [-0.3, -0.25) is 34.0 Å². The zero-order chi connectivity index (χ0) is 60.1. The molecule has 0 radical (unpaired) electrons. The zero-order valence-corrected chi connectivity index (χ0v) is 50.8. The summed E-state index contributed by atoms with van der Waals surface area (Å²) in [5.74, 6) is 0.472. The quantitative estimate of drug-likeness (QED) is 0.0744. The highest BCUT2D eigenvalue weighted by Gasteiger charge is 2.60. The molecule has 4 aromatic carbocycles. The van der Waals surface area contributed by atoms with Crippen LogP contribution < -0.4 is 9.47 Å². The Morgan fingerprint density at radius 1 is 0.869 bits per heavy atom. The van der Waals surface area contributed by atoms with Gasteiger partial charge in [0.05, 0.1) is 74.0 Å². The number of carbonyl (C=O) groups is 3. The number of piperazine rings is 1. The molecule has 3 atom stereocenters. The maximum Gasteiger partial charge on any atom is 0.326 e. The van der Waals surface area contributed by atoms with Crippen molar-refractivity contribution < 1.29 is 37.7 Å². The Balaban J connectivity index is 0.772. The van der Waals surface area contributed by atoms with Crippen LogP contribution in [0.25, 0.3) is 11.3 Å². The van der Waals surface area contributed by atoms with Crippen LogP contribution in [0.3, 0.4) is 0 Å².